The van der Waals surface area contributed by atoms with E-state index >= 15 is 0 Å². The first-order valence-electron chi connectivity index (χ1n) is 3.74. The van der Waals surface area contributed by atoms with Crippen molar-refractivity contribution in [3.8, 4) is 0 Å². The predicted octanol–water partition coefficient (Wildman–Crippen LogP) is 2.03. The molecule has 0 atom stereocenters. The summed E-state index contributed by atoms with van der Waals surface area (Å²) in [7, 11) is 0. The summed E-state index contributed by atoms with van der Waals surface area (Å²) < 4.78 is 0.624. The van der Waals surface area contributed by atoms with E-state index in [0.717, 1.165) is 5.56 Å². The Morgan fingerprint density at radius 2 is 2.00 bits per heavy atom. The lowest BCUT2D eigenvalue weighted by atomic mass is 10.1. The van der Waals surface area contributed by atoms with Crippen molar-refractivity contribution < 1.29 is 0 Å². The van der Waals surface area contributed by atoms with Crippen molar-refractivity contribution in [3.05, 3.63) is 40.3 Å². The average molecular weight is 240 g/mol. The van der Waals surface area contributed by atoms with Crippen LogP contribution in [0, 0.1) is 5.41 Å². The summed E-state index contributed by atoms with van der Waals surface area (Å²) in [6, 6.07) is 3.54. The molecule has 0 aliphatic heterocycles. The number of nitrogens with two attached hydrogens (primary N) is 1. The third-order valence-electron chi connectivity index (χ3n) is 1.53. The van der Waals surface area contributed by atoms with Crippen molar-refractivity contribution in [1.29, 1.82) is 5.41 Å². The van der Waals surface area contributed by atoms with E-state index < -0.39 is 0 Å². The topological polar surface area (TPSA) is 62.8 Å². The third-order valence-corrected chi connectivity index (χ3v) is 2.56. The second-order valence-corrected chi connectivity index (χ2v) is 3.40. The first kappa shape index (κ1) is 9.92. The number of pyridine rings is 1. The minimum absolute atomic E-state index is 0.377. The van der Waals surface area contributed by atoms with Gasteiger partial charge in [-0.1, -0.05) is 0 Å². The van der Waals surface area contributed by atoms with E-state index in [1.165, 1.54) is 0 Å². The number of aromatic nitrogens is 1. The summed E-state index contributed by atoms with van der Waals surface area (Å²) >= 11 is 3.25. The molecule has 0 spiro atoms. The third kappa shape index (κ3) is 2.39. The molecular weight excluding hydrogens is 230 g/mol. The summed E-state index contributed by atoms with van der Waals surface area (Å²) in [4.78, 5) is 3.87. The maximum absolute atomic E-state index is 7.75. The number of nitrogens with one attached hydrogen (secondary N) is 1. The first-order chi connectivity index (χ1) is 6.13. The Morgan fingerprint density at radius 3 is 2.46 bits per heavy atom. The number of nitrogens with zero attached hydrogens (tertiary/aromatic N) is 1. The number of hydrogen-bond acceptors (Lipinski definition) is 3. The van der Waals surface area contributed by atoms with Crippen LogP contribution in [0.4, 0.5) is 0 Å². The van der Waals surface area contributed by atoms with Crippen LogP contribution >= 0.6 is 15.9 Å². The van der Waals surface area contributed by atoms with Crippen LogP contribution < -0.4 is 5.73 Å². The van der Waals surface area contributed by atoms with E-state index in [-0.39, 0.29) is 0 Å². The van der Waals surface area contributed by atoms with Crippen LogP contribution in [-0.2, 0) is 0 Å². The fraction of sp³-hybridized carbons (Fsp3) is 0.111. The molecule has 3 nitrogen and oxygen atoms in total. The Kier molecular flexibility index (Phi) is 3.19. The molecule has 1 rings (SSSR count). The standard InChI is InChI=1S/C9H10BrN3/c1-6(11)8(10)9(12)7-2-4-13-5-3-7/h2-5,12H,11H2,1H3/b8-6+,12-9?. The van der Waals surface area contributed by atoms with Crippen molar-refractivity contribution in [2.24, 2.45) is 5.73 Å². The van der Waals surface area contributed by atoms with Gasteiger partial charge in [0.1, 0.15) is 0 Å². The van der Waals surface area contributed by atoms with Crippen molar-refractivity contribution in [2.45, 2.75) is 6.92 Å². The lowest BCUT2D eigenvalue weighted by molar-refractivity contribution is 1.29. The van der Waals surface area contributed by atoms with Gasteiger partial charge in [-0.15, -0.1) is 0 Å². The molecule has 0 aliphatic carbocycles. The summed E-state index contributed by atoms with van der Waals surface area (Å²) in [5.74, 6) is 0. The summed E-state index contributed by atoms with van der Waals surface area (Å²) in [5.41, 5.74) is 7.32. The molecule has 1 heterocycles. The highest BCUT2D eigenvalue weighted by atomic mass is 79.9. The second-order valence-electron chi connectivity index (χ2n) is 2.61. The lowest BCUT2D eigenvalue weighted by Gasteiger charge is -2.03. The summed E-state index contributed by atoms with van der Waals surface area (Å²) in [6.45, 7) is 1.75. The van der Waals surface area contributed by atoms with E-state index in [1.54, 1.807) is 31.5 Å². The van der Waals surface area contributed by atoms with Crippen molar-refractivity contribution in [3.63, 3.8) is 0 Å². The van der Waals surface area contributed by atoms with E-state index in [1.807, 2.05) is 0 Å². The molecule has 13 heavy (non-hydrogen) atoms. The lowest BCUT2D eigenvalue weighted by Crippen LogP contribution is -2.05. The van der Waals surface area contributed by atoms with Gasteiger partial charge in [0, 0.05) is 23.7 Å². The van der Waals surface area contributed by atoms with Gasteiger partial charge in [0.05, 0.1) is 10.2 Å². The van der Waals surface area contributed by atoms with Crippen LogP contribution in [0.5, 0.6) is 0 Å². The van der Waals surface area contributed by atoms with Gasteiger partial charge in [0.2, 0.25) is 0 Å². The van der Waals surface area contributed by atoms with Crippen LogP contribution in [-0.4, -0.2) is 10.7 Å². The maximum Gasteiger partial charge on any atom is 0.0772 e. The predicted molar refractivity (Wildman–Crippen MR) is 56.9 cm³/mol. The van der Waals surface area contributed by atoms with Crippen LogP contribution in [0.2, 0.25) is 0 Å². The van der Waals surface area contributed by atoms with Crippen LogP contribution in [0.25, 0.3) is 0 Å². The molecule has 0 aliphatic rings. The average Bonchev–Trinajstić information content (AvgIpc) is 2.17. The molecule has 0 aromatic carbocycles. The van der Waals surface area contributed by atoms with Crippen molar-refractivity contribution >= 4 is 21.6 Å². The van der Waals surface area contributed by atoms with Crippen molar-refractivity contribution in [2.75, 3.05) is 0 Å². The molecule has 0 saturated carbocycles. The molecule has 3 N–H and O–H groups in total. The fourth-order valence-corrected chi connectivity index (χ4v) is 1.07. The molecule has 1 aromatic rings. The summed E-state index contributed by atoms with van der Waals surface area (Å²) in [5, 5.41) is 7.75. The van der Waals surface area contributed by atoms with Gasteiger partial charge in [-0.05, 0) is 35.0 Å². The zero-order chi connectivity index (χ0) is 9.84. The van der Waals surface area contributed by atoms with Crippen LogP contribution in [0.15, 0.2) is 34.7 Å². The molecule has 0 unspecified atom stereocenters. The molecule has 0 fully saturated rings. The molecule has 1 aromatic heterocycles. The molecule has 0 amide bonds. The molecule has 4 heteroatoms. The highest BCUT2D eigenvalue weighted by Crippen LogP contribution is 2.14. The SMILES string of the molecule is C/C(N)=C(\Br)C(=N)c1ccncc1. The molecule has 68 valence electrons. The van der Waals surface area contributed by atoms with Gasteiger partial charge < -0.3 is 5.73 Å². The van der Waals surface area contributed by atoms with Gasteiger partial charge in [-0.3, -0.25) is 10.4 Å². The molecule has 0 radical (unpaired) electrons. The van der Waals surface area contributed by atoms with E-state index in [4.69, 9.17) is 11.1 Å². The van der Waals surface area contributed by atoms with Gasteiger partial charge >= 0.3 is 0 Å². The quantitative estimate of drug-likeness (QED) is 0.777. The summed E-state index contributed by atoms with van der Waals surface area (Å²) in [6.07, 6.45) is 3.30. The van der Waals surface area contributed by atoms with Gasteiger partial charge in [-0.25, -0.2) is 0 Å². The number of halogens is 1. The Balaban J connectivity index is 3.00. The Hall–Kier alpha value is -1.16. The van der Waals surface area contributed by atoms with Gasteiger partial charge in [-0.2, -0.15) is 0 Å². The first-order valence-corrected chi connectivity index (χ1v) is 4.53. The zero-order valence-corrected chi connectivity index (χ0v) is 8.80. The van der Waals surface area contributed by atoms with Gasteiger partial charge in [0.25, 0.3) is 0 Å². The van der Waals surface area contributed by atoms with E-state index in [9.17, 15) is 0 Å². The minimum atomic E-state index is 0.377. The minimum Gasteiger partial charge on any atom is -0.401 e. The Morgan fingerprint density at radius 1 is 1.46 bits per heavy atom. The van der Waals surface area contributed by atoms with E-state index in [2.05, 4.69) is 20.9 Å². The van der Waals surface area contributed by atoms with E-state index in [0.29, 0.717) is 15.9 Å². The highest BCUT2D eigenvalue weighted by molar-refractivity contribution is 9.12. The number of rotatable bonds is 2. The second kappa shape index (κ2) is 4.18. The normalized spacial score (nSPS) is 12.2. The number of hydrogen-bond donors (Lipinski definition) is 2. The van der Waals surface area contributed by atoms with Crippen molar-refractivity contribution in [1.82, 2.24) is 4.98 Å². The maximum atomic E-state index is 7.75. The molecule has 0 bridgehead atoms. The molecule has 0 saturated heterocycles. The Bertz CT molecular complexity index is 339. The van der Waals surface area contributed by atoms with Gasteiger partial charge in [0.15, 0.2) is 0 Å². The smallest absolute Gasteiger partial charge is 0.0772 e. The Labute approximate surface area is 85.3 Å². The molecular formula is C9H10BrN3. The van der Waals surface area contributed by atoms with Crippen LogP contribution in [0.1, 0.15) is 12.5 Å². The fourth-order valence-electron chi connectivity index (χ4n) is 0.842. The monoisotopic (exact) mass is 239 g/mol. The highest BCUT2D eigenvalue weighted by Gasteiger charge is 2.05. The van der Waals surface area contributed by atoms with Crippen LogP contribution in [0.3, 0.4) is 0 Å². The number of allylic oxidation sites excluding steroid dienone is 2. The largest absolute Gasteiger partial charge is 0.401 e. The zero-order valence-electron chi connectivity index (χ0n) is 7.21.